The normalized spacial score (nSPS) is 11.4. The molecule has 0 amide bonds. The molecule has 0 radical (unpaired) electrons. The summed E-state index contributed by atoms with van der Waals surface area (Å²) in [5, 5.41) is 3.28. The van der Waals surface area contributed by atoms with Crippen LogP contribution in [0.3, 0.4) is 0 Å². The van der Waals surface area contributed by atoms with Gasteiger partial charge in [-0.15, -0.1) is 0 Å². The molecule has 0 aromatic heterocycles. The van der Waals surface area contributed by atoms with Crippen LogP contribution in [0.1, 0.15) is 5.56 Å². The second-order valence-electron chi connectivity index (χ2n) is 4.55. The van der Waals surface area contributed by atoms with Crippen LogP contribution in [0, 0.1) is 0 Å². The van der Waals surface area contributed by atoms with Crippen LogP contribution in [0.25, 0.3) is 0 Å². The van der Waals surface area contributed by atoms with Crippen molar-refractivity contribution in [2.75, 3.05) is 47.6 Å². The number of guanidine groups is 1. The van der Waals surface area contributed by atoms with Crippen LogP contribution in [0.15, 0.2) is 35.3 Å². The van der Waals surface area contributed by atoms with E-state index in [2.05, 4.69) is 22.4 Å². The summed E-state index contributed by atoms with van der Waals surface area (Å²) in [7, 11) is 5.62. The van der Waals surface area contributed by atoms with E-state index in [1.165, 1.54) is 5.56 Å². The first-order valence-electron chi connectivity index (χ1n) is 6.80. The molecule has 0 aliphatic rings. The zero-order valence-electron chi connectivity index (χ0n) is 12.6. The molecule has 0 bridgehead atoms. The van der Waals surface area contributed by atoms with Gasteiger partial charge in [-0.25, -0.2) is 4.99 Å². The highest BCUT2D eigenvalue weighted by molar-refractivity contribution is 5.79. The average Bonchev–Trinajstić information content (AvgIpc) is 2.46. The molecule has 1 aromatic carbocycles. The fraction of sp³-hybridized carbons (Fsp3) is 0.533. The largest absolute Gasteiger partial charge is 0.382 e. The summed E-state index contributed by atoms with van der Waals surface area (Å²) in [6.45, 7) is 3.29. The van der Waals surface area contributed by atoms with E-state index in [0.717, 1.165) is 12.5 Å². The summed E-state index contributed by atoms with van der Waals surface area (Å²) >= 11 is 0. The molecule has 0 unspecified atom stereocenters. The maximum atomic E-state index is 5.41. The Kier molecular flexibility index (Phi) is 8.42. The van der Waals surface area contributed by atoms with Gasteiger partial charge in [-0.2, -0.15) is 0 Å². The molecule has 0 atom stereocenters. The Morgan fingerprint density at radius 2 is 1.90 bits per heavy atom. The lowest BCUT2D eigenvalue weighted by Crippen LogP contribution is -2.38. The zero-order valence-corrected chi connectivity index (χ0v) is 12.6. The number of hydrogen-bond acceptors (Lipinski definition) is 3. The Labute approximate surface area is 121 Å². The van der Waals surface area contributed by atoms with Crippen LogP contribution < -0.4 is 5.32 Å². The molecule has 20 heavy (non-hydrogen) atoms. The van der Waals surface area contributed by atoms with Gasteiger partial charge in [0.15, 0.2) is 5.96 Å². The van der Waals surface area contributed by atoms with Gasteiger partial charge in [0.2, 0.25) is 0 Å². The van der Waals surface area contributed by atoms with E-state index in [-0.39, 0.29) is 0 Å². The number of nitrogens with zero attached hydrogens (tertiary/aromatic N) is 2. The van der Waals surface area contributed by atoms with Gasteiger partial charge >= 0.3 is 0 Å². The lowest BCUT2D eigenvalue weighted by Gasteiger charge is -2.17. The Morgan fingerprint density at radius 1 is 1.15 bits per heavy atom. The van der Waals surface area contributed by atoms with Crippen LogP contribution in [-0.4, -0.2) is 58.4 Å². The predicted molar refractivity (Wildman–Crippen MR) is 82.0 cm³/mol. The molecule has 1 aromatic rings. The Morgan fingerprint density at radius 3 is 2.55 bits per heavy atom. The number of methoxy groups -OCH3 is 1. The third-order valence-electron chi connectivity index (χ3n) is 2.64. The molecule has 112 valence electrons. The Balaban J connectivity index is 2.32. The summed E-state index contributed by atoms with van der Waals surface area (Å²) in [4.78, 5) is 6.55. The lowest BCUT2D eigenvalue weighted by atomic mass is 10.2. The number of ether oxygens (including phenoxy) is 2. The van der Waals surface area contributed by atoms with E-state index in [9.17, 15) is 0 Å². The van der Waals surface area contributed by atoms with Crippen LogP contribution in [0.5, 0.6) is 0 Å². The summed E-state index contributed by atoms with van der Waals surface area (Å²) in [5.74, 6) is 0.865. The highest BCUT2D eigenvalue weighted by Crippen LogP contribution is 2.00. The number of aliphatic imine (C=N–C) groups is 1. The monoisotopic (exact) mass is 279 g/mol. The van der Waals surface area contributed by atoms with Crippen LogP contribution in [0.2, 0.25) is 0 Å². The van der Waals surface area contributed by atoms with Gasteiger partial charge in [-0.3, -0.25) is 0 Å². The Hall–Kier alpha value is -1.59. The van der Waals surface area contributed by atoms with Crippen molar-refractivity contribution in [3.8, 4) is 0 Å². The van der Waals surface area contributed by atoms with Gasteiger partial charge in [0, 0.05) is 27.7 Å². The van der Waals surface area contributed by atoms with Crippen molar-refractivity contribution in [3.05, 3.63) is 35.9 Å². The topological polar surface area (TPSA) is 46.1 Å². The molecule has 1 rings (SSSR count). The summed E-state index contributed by atoms with van der Waals surface area (Å²) in [5.41, 5.74) is 1.20. The van der Waals surface area contributed by atoms with Gasteiger partial charge in [-0.05, 0) is 5.56 Å². The van der Waals surface area contributed by atoms with Crippen LogP contribution in [-0.2, 0) is 16.0 Å². The number of nitrogens with one attached hydrogen (secondary N) is 1. The molecule has 0 saturated heterocycles. The minimum absolute atomic E-state index is 0.622. The Bertz CT molecular complexity index is 380. The zero-order chi connectivity index (χ0) is 14.6. The summed E-state index contributed by atoms with van der Waals surface area (Å²) < 4.78 is 10.3. The van der Waals surface area contributed by atoms with Gasteiger partial charge < -0.3 is 19.7 Å². The van der Waals surface area contributed by atoms with Crippen LogP contribution in [0.4, 0.5) is 0 Å². The van der Waals surface area contributed by atoms with E-state index >= 15 is 0 Å². The molecular formula is C15H25N3O2. The lowest BCUT2D eigenvalue weighted by molar-refractivity contribution is 0.0732. The smallest absolute Gasteiger partial charge is 0.193 e. The third-order valence-corrected chi connectivity index (χ3v) is 2.64. The van der Waals surface area contributed by atoms with E-state index in [1.54, 1.807) is 7.11 Å². The minimum atomic E-state index is 0.622. The molecule has 0 saturated carbocycles. The van der Waals surface area contributed by atoms with Crippen molar-refractivity contribution in [2.24, 2.45) is 4.99 Å². The fourth-order valence-electron chi connectivity index (χ4n) is 1.58. The standard InChI is InChI=1S/C15H25N3O2/c1-18(2)15(16-9-10-20-12-11-19-3)17-13-14-7-5-4-6-8-14/h4-8H,9-13H2,1-3H3,(H,16,17). The first-order chi connectivity index (χ1) is 9.74. The maximum Gasteiger partial charge on any atom is 0.193 e. The van der Waals surface area contributed by atoms with Crippen molar-refractivity contribution in [1.29, 1.82) is 0 Å². The van der Waals surface area contributed by atoms with Crippen molar-refractivity contribution in [2.45, 2.75) is 6.54 Å². The van der Waals surface area contributed by atoms with Gasteiger partial charge in [0.1, 0.15) is 0 Å². The average molecular weight is 279 g/mol. The fourth-order valence-corrected chi connectivity index (χ4v) is 1.58. The van der Waals surface area contributed by atoms with Crippen molar-refractivity contribution < 1.29 is 9.47 Å². The summed E-state index contributed by atoms with van der Waals surface area (Å²) in [6, 6.07) is 10.2. The predicted octanol–water partition coefficient (Wildman–Crippen LogP) is 1.36. The van der Waals surface area contributed by atoms with Crippen molar-refractivity contribution in [1.82, 2.24) is 10.2 Å². The van der Waals surface area contributed by atoms with Gasteiger partial charge in [0.25, 0.3) is 0 Å². The molecular weight excluding hydrogens is 254 g/mol. The number of rotatable bonds is 8. The third kappa shape index (κ3) is 7.11. The molecule has 0 spiro atoms. The molecule has 5 nitrogen and oxygen atoms in total. The number of hydrogen-bond donors (Lipinski definition) is 1. The quantitative estimate of drug-likeness (QED) is 0.443. The highest BCUT2D eigenvalue weighted by Gasteiger charge is 2.00. The molecule has 0 aliphatic heterocycles. The molecule has 1 N–H and O–H groups in total. The van der Waals surface area contributed by atoms with Gasteiger partial charge in [-0.1, -0.05) is 30.3 Å². The molecule has 0 fully saturated rings. The first-order valence-corrected chi connectivity index (χ1v) is 6.80. The first kappa shape index (κ1) is 16.5. The molecule has 0 aliphatic carbocycles. The van der Waals surface area contributed by atoms with E-state index in [0.29, 0.717) is 26.4 Å². The molecule has 0 heterocycles. The van der Waals surface area contributed by atoms with E-state index in [4.69, 9.17) is 9.47 Å². The summed E-state index contributed by atoms with van der Waals surface area (Å²) in [6.07, 6.45) is 0. The second-order valence-corrected chi connectivity index (χ2v) is 4.55. The second kappa shape index (κ2) is 10.2. The highest BCUT2D eigenvalue weighted by atomic mass is 16.5. The maximum absolute atomic E-state index is 5.41. The minimum Gasteiger partial charge on any atom is -0.382 e. The van der Waals surface area contributed by atoms with Gasteiger partial charge in [0.05, 0.1) is 26.4 Å². The van der Waals surface area contributed by atoms with Crippen LogP contribution >= 0.6 is 0 Å². The SMILES string of the molecule is COCCOCCNC(=NCc1ccccc1)N(C)C. The van der Waals surface area contributed by atoms with E-state index in [1.807, 2.05) is 37.2 Å². The number of benzene rings is 1. The van der Waals surface area contributed by atoms with E-state index < -0.39 is 0 Å². The molecule has 5 heteroatoms. The van der Waals surface area contributed by atoms with Crippen molar-refractivity contribution >= 4 is 5.96 Å². The van der Waals surface area contributed by atoms with Crippen molar-refractivity contribution in [3.63, 3.8) is 0 Å².